The van der Waals surface area contributed by atoms with E-state index in [9.17, 15) is 4.79 Å². The average molecular weight is 234 g/mol. The molecule has 1 aromatic carbocycles. The van der Waals surface area contributed by atoms with Crippen molar-refractivity contribution in [3.8, 4) is 0 Å². The monoisotopic (exact) mass is 233 g/mol. The molecule has 0 saturated heterocycles. The highest BCUT2D eigenvalue weighted by Crippen LogP contribution is 2.28. The Morgan fingerprint density at radius 2 is 1.94 bits per heavy atom. The summed E-state index contributed by atoms with van der Waals surface area (Å²) in [6.45, 7) is 5.43. The van der Waals surface area contributed by atoms with Gasteiger partial charge in [0.05, 0.1) is 10.5 Å². The lowest BCUT2D eigenvalue weighted by molar-refractivity contribution is 0.101. The van der Waals surface area contributed by atoms with Crippen molar-refractivity contribution >= 4 is 28.3 Å². The van der Waals surface area contributed by atoms with Gasteiger partial charge in [-0.1, -0.05) is 17.7 Å². The van der Waals surface area contributed by atoms with Crippen LogP contribution in [0.5, 0.6) is 0 Å². The van der Waals surface area contributed by atoms with Gasteiger partial charge in [0.25, 0.3) is 0 Å². The van der Waals surface area contributed by atoms with Crippen LogP contribution in [0, 0.1) is 13.8 Å². The van der Waals surface area contributed by atoms with Crippen LogP contribution in [-0.2, 0) is 0 Å². The minimum absolute atomic E-state index is 0.0237. The quantitative estimate of drug-likeness (QED) is 0.703. The molecule has 82 valence electrons. The molecule has 0 N–H and O–H groups in total. The Morgan fingerprint density at radius 1 is 1.25 bits per heavy atom. The maximum atomic E-state index is 11.3. The number of aryl methyl sites for hydroxylation is 2. The first-order valence-corrected chi connectivity index (χ1v) is 5.46. The number of nitrogens with zero attached hydrogens (tertiary/aromatic N) is 1. The fourth-order valence-electron chi connectivity index (χ4n) is 1.80. The van der Waals surface area contributed by atoms with E-state index in [2.05, 4.69) is 4.98 Å². The van der Waals surface area contributed by atoms with Crippen LogP contribution in [0.2, 0.25) is 5.02 Å². The Labute approximate surface area is 99.3 Å². The van der Waals surface area contributed by atoms with Crippen LogP contribution in [0.1, 0.15) is 28.5 Å². The van der Waals surface area contributed by atoms with Gasteiger partial charge in [-0.3, -0.25) is 4.79 Å². The van der Waals surface area contributed by atoms with Crippen molar-refractivity contribution in [3.05, 3.63) is 40.0 Å². The van der Waals surface area contributed by atoms with Gasteiger partial charge < -0.3 is 0 Å². The summed E-state index contributed by atoms with van der Waals surface area (Å²) in [5.41, 5.74) is 3.34. The van der Waals surface area contributed by atoms with Crippen molar-refractivity contribution in [1.29, 1.82) is 0 Å². The second-order valence-electron chi connectivity index (χ2n) is 3.97. The molecule has 0 aliphatic heterocycles. The van der Waals surface area contributed by atoms with E-state index < -0.39 is 0 Å². The molecule has 16 heavy (non-hydrogen) atoms. The lowest BCUT2D eigenvalue weighted by Gasteiger charge is -2.08. The number of carbonyl (C=O) groups is 1. The fourth-order valence-corrected chi connectivity index (χ4v) is 2.10. The minimum Gasteiger partial charge on any atom is -0.293 e. The molecule has 0 aliphatic carbocycles. The van der Waals surface area contributed by atoms with Gasteiger partial charge >= 0.3 is 0 Å². The first kappa shape index (κ1) is 11.1. The molecule has 1 heterocycles. The summed E-state index contributed by atoms with van der Waals surface area (Å²) in [7, 11) is 0. The van der Waals surface area contributed by atoms with E-state index in [4.69, 9.17) is 11.6 Å². The van der Waals surface area contributed by atoms with E-state index in [0.29, 0.717) is 10.7 Å². The number of fused-ring (bicyclic) bond motifs is 1. The van der Waals surface area contributed by atoms with Crippen LogP contribution in [-0.4, -0.2) is 10.8 Å². The number of Topliss-reactive ketones (excluding diaryl/α,β-unsaturated/α-hetero) is 1. The van der Waals surface area contributed by atoms with Crippen LogP contribution < -0.4 is 0 Å². The summed E-state index contributed by atoms with van der Waals surface area (Å²) in [5, 5.41) is 1.62. The van der Waals surface area contributed by atoms with Crippen molar-refractivity contribution in [2.45, 2.75) is 20.8 Å². The molecule has 0 unspecified atom stereocenters. The van der Waals surface area contributed by atoms with Gasteiger partial charge in [-0.2, -0.15) is 0 Å². The van der Waals surface area contributed by atoms with Crippen molar-refractivity contribution < 1.29 is 4.79 Å². The van der Waals surface area contributed by atoms with Gasteiger partial charge in [0, 0.05) is 12.3 Å². The molecule has 0 fully saturated rings. The van der Waals surface area contributed by atoms with Crippen LogP contribution in [0.3, 0.4) is 0 Å². The third-order valence-corrected chi connectivity index (χ3v) is 2.98. The normalized spacial score (nSPS) is 10.8. The third-order valence-electron chi connectivity index (χ3n) is 2.67. The molecular formula is C13H12ClNO. The highest BCUT2D eigenvalue weighted by molar-refractivity contribution is 6.35. The fraction of sp³-hybridized carbons (Fsp3) is 0.231. The van der Waals surface area contributed by atoms with Gasteiger partial charge in [0.2, 0.25) is 0 Å². The van der Waals surface area contributed by atoms with Crippen LogP contribution >= 0.6 is 11.6 Å². The topological polar surface area (TPSA) is 30.0 Å². The molecule has 2 nitrogen and oxygen atoms in total. The van der Waals surface area contributed by atoms with Gasteiger partial charge in [-0.25, -0.2) is 4.98 Å². The SMILES string of the molecule is CC(=O)c1cc(C)c2c(Cl)ccc(C)c2n1. The number of ketones is 1. The molecule has 1 aromatic heterocycles. The van der Waals surface area contributed by atoms with Crippen molar-refractivity contribution in [1.82, 2.24) is 4.98 Å². The predicted octanol–water partition coefficient (Wildman–Crippen LogP) is 3.71. The number of rotatable bonds is 1. The smallest absolute Gasteiger partial charge is 0.178 e. The lowest BCUT2D eigenvalue weighted by atomic mass is 10.0. The number of carbonyl (C=O) groups excluding carboxylic acids is 1. The molecule has 2 rings (SSSR count). The number of halogens is 1. The highest BCUT2D eigenvalue weighted by atomic mass is 35.5. The summed E-state index contributed by atoms with van der Waals surface area (Å²) >= 11 is 6.14. The summed E-state index contributed by atoms with van der Waals surface area (Å²) in [4.78, 5) is 15.7. The number of benzene rings is 1. The van der Waals surface area contributed by atoms with Gasteiger partial charge in [0.15, 0.2) is 5.78 Å². The summed E-state index contributed by atoms with van der Waals surface area (Å²) in [6.07, 6.45) is 0. The van der Waals surface area contributed by atoms with Crippen molar-refractivity contribution in [3.63, 3.8) is 0 Å². The minimum atomic E-state index is -0.0237. The molecule has 0 amide bonds. The first-order valence-electron chi connectivity index (χ1n) is 5.08. The molecule has 0 spiro atoms. The van der Waals surface area contributed by atoms with E-state index in [1.54, 1.807) is 6.07 Å². The second kappa shape index (κ2) is 3.87. The molecule has 0 radical (unpaired) electrons. The van der Waals surface area contributed by atoms with Crippen LogP contribution in [0.4, 0.5) is 0 Å². The summed E-state index contributed by atoms with van der Waals surface area (Å²) < 4.78 is 0. The highest BCUT2D eigenvalue weighted by Gasteiger charge is 2.10. The van der Waals surface area contributed by atoms with E-state index in [0.717, 1.165) is 22.0 Å². The second-order valence-corrected chi connectivity index (χ2v) is 4.38. The van der Waals surface area contributed by atoms with Gasteiger partial charge in [-0.05, 0) is 37.1 Å². The first-order chi connectivity index (χ1) is 7.50. The predicted molar refractivity (Wildman–Crippen MR) is 66.2 cm³/mol. The Hall–Kier alpha value is -1.41. The van der Waals surface area contributed by atoms with Crippen molar-refractivity contribution in [2.75, 3.05) is 0 Å². The summed E-state index contributed by atoms with van der Waals surface area (Å²) in [6, 6.07) is 5.57. The Balaban J connectivity index is 2.92. The van der Waals surface area contributed by atoms with Crippen LogP contribution in [0.25, 0.3) is 10.9 Å². The Bertz CT molecular complexity index is 590. The van der Waals surface area contributed by atoms with E-state index in [1.807, 2.05) is 26.0 Å². The molecule has 3 heteroatoms. The molecule has 0 bridgehead atoms. The van der Waals surface area contributed by atoms with Gasteiger partial charge in [-0.15, -0.1) is 0 Å². The average Bonchev–Trinajstić information content (AvgIpc) is 2.22. The maximum absolute atomic E-state index is 11.3. The molecule has 0 saturated carbocycles. The van der Waals surface area contributed by atoms with Crippen LogP contribution in [0.15, 0.2) is 18.2 Å². The van der Waals surface area contributed by atoms with Crippen molar-refractivity contribution in [2.24, 2.45) is 0 Å². The van der Waals surface area contributed by atoms with E-state index in [-0.39, 0.29) is 5.78 Å². The maximum Gasteiger partial charge on any atom is 0.178 e. The zero-order chi connectivity index (χ0) is 11.9. The number of hydrogen-bond acceptors (Lipinski definition) is 2. The van der Waals surface area contributed by atoms with Gasteiger partial charge in [0.1, 0.15) is 5.69 Å². The number of pyridine rings is 1. The lowest BCUT2D eigenvalue weighted by Crippen LogP contribution is -1.99. The van der Waals surface area contributed by atoms with E-state index in [1.165, 1.54) is 6.92 Å². The largest absolute Gasteiger partial charge is 0.293 e. The third kappa shape index (κ3) is 1.69. The number of aromatic nitrogens is 1. The molecule has 2 aromatic rings. The zero-order valence-corrected chi connectivity index (χ0v) is 10.2. The van der Waals surface area contributed by atoms with E-state index >= 15 is 0 Å². The number of hydrogen-bond donors (Lipinski definition) is 0. The standard InChI is InChI=1S/C13H12ClNO/c1-7-4-5-10(14)12-8(2)6-11(9(3)16)15-13(7)12/h4-6H,1-3H3. The molecule has 0 aliphatic rings. The Kier molecular flexibility index (Phi) is 2.68. The molecule has 0 atom stereocenters. The summed E-state index contributed by atoms with van der Waals surface area (Å²) in [5.74, 6) is -0.0237. The molecular weight excluding hydrogens is 222 g/mol. The zero-order valence-electron chi connectivity index (χ0n) is 9.47. The Morgan fingerprint density at radius 3 is 2.56 bits per heavy atom.